The maximum absolute atomic E-state index is 12.7. The number of anilines is 1. The highest BCUT2D eigenvalue weighted by molar-refractivity contribution is 7.93. The summed E-state index contributed by atoms with van der Waals surface area (Å²) >= 11 is 0. The van der Waals surface area contributed by atoms with Gasteiger partial charge < -0.3 is 10.5 Å². The fraction of sp³-hybridized carbons (Fsp3) is 0.375. The highest BCUT2D eigenvalue weighted by Crippen LogP contribution is 2.26. The molecule has 0 saturated carbocycles. The minimum absolute atomic E-state index is 0.0881. The van der Waals surface area contributed by atoms with Gasteiger partial charge in [0.1, 0.15) is 5.69 Å². The third-order valence-corrected chi connectivity index (χ3v) is 5.93. The highest BCUT2D eigenvalue weighted by Gasteiger charge is 2.31. The molecule has 25 heavy (non-hydrogen) atoms. The van der Waals surface area contributed by atoms with Gasteiger partial charge in [-0.3, -0.25) is 9.52 Å². The SMILES string of the molecule is C[C@@H]1C[C@H](S(=O)(=O)Nc2ccccc2-n2ccc(C(N)=O)n2)CCO1. The number of carbonyl (C=O) groups excluding carboxylic acids is 1. The van der Waals surface area contributed by atoms with Crippen molar-refractivity contribution in [3.05, 3.63) is 42.2 Å². The Balaban J connectivity index is 1.89. The summed E-state index contributed by atoms with van der Waals surface area (Å²) in [6.07, 6.45) is 2.37. The standard InChI is InChI=1S/C16H20N4O4S/c1-11-10-12(7-9-24-11)25(22,23)19-13-4-2-3-5-15(13)20-8-6-14(18-20)16(17)21/h2-6,8,11-12,19H,7,9-10H2,1H3,(H2,17,21)/t11-,12-/m1/s1. The molecule has 0 radical (unpaired) electrons. The normalized spacial score (nSPS) is 21.0. The Morgan fingerprint density at radius 2 is 2.12 bits per heavy atom. The van der Waals surface area contributed by atoms with E-state index in [1.54, 1.807) is 30.5 Å². The molecule has 1 aliphatic rings. The number of hydrogen-bond donors (Lipinski definition) is 2. The van der Waals surface area contributed by atoms with Gasteiger partial charge in [0.05, 0.1) is 22.7 Å². The predicted molar refractivity (Wildman–Crippen MR) is 93.1 cm³/mol. The van der Waals surface area contributed by atoms with Crippen LogP contribution in [0.15, 0.2) is 36.5 Å². The quantitative estimate of drug-likeness (QED) is 0.829. The first-order chi connectivity index (χ1) is 11.9. The van der Waals surface area contributed by atoms with E-state index in [4.69, 9.17) is 10.5 Å². The van der Waals surface area contributed by atoms with Crippen molar-refractivity contribution in [3.8, 4) is 5.69 Å². The molecule has 9 heteroatoms. The third-order valence-electron chi connectivity index (χ3n) is 4.12. The zero-order chi connectivity index (χ0) is 18.0. The number of ether oxygens (including phenoxy) is 1. The van der Waals surface area contributed by atoms with E-state index in [1.807, 2.05) is 6.92 Å². The number of primary amides is 1. The summed E-state index contributed by atoms with van der Waals surface area (Å²) in [6, 6.07) is 8.33. The van der Waals surface area contributed by atoms with Crippen LogP contribution in [0, 0.1) is 0 Å². The van der Waals surface area contributed by atoms with E-state index < -0.39 is 21.2 Å². The number of nitrogens with zero attached hydrogens (tertiary/aromatic N) is 2. The fourth-order valence-electron chi connectivity index (χ4n) is 2.82. The first kappa shape index (κ1) is 17.4. The number of carbonyl (C=O) groups is 1. The van der Waals surface area contributed by atoms with Gasteiger partial charge in [-0.25, -0.2) is 13.1 Å². The second-order valence-electron chi connectivity index (χ2n) is 6.00. The molecule has 0 spiro atoms. The number of benzene rings is 1. The number of sulfonamides is 1. The molecule has 1 aliphatic heterocycles. The molecule has 0 aliphatic carbocycles. The number of nitrogens with two attached hydrogens (primary N) is 1. The molecule has 1 saturated heterocycles. The lowest BCUT2D eigenvalue weighted by atomic mass is 10.1. The van der Waals surface area contributed by atoms with Crippen molar-refractivity contribution in [1.82, 2.24) is 9.78 Å². The van der Waals surface area contributed by atoms with Crippen molar-refractivity contribution in [2.75, 3.05) is 11.3 Å². The number of hydrogen-bond acceptors (Lipinski definition) is 5. The van der Waals surface area contributed by atoms with Gasteiger partial charge >= 0.3 is 0 Å². The summed E-state index contributed by atoms with van der Waals surface area (Å²) < 4.78 is 35.0. The van der Waals surface area contributed by atoms with Crippen molar-refractivity contribution in [1.29, 1.82) is 0 Å². The lowest BCUT2D eigenvalue weighted by molar-refractivity contribution is 0.0302. The molecule has 2 atom stereocenters. The average molecular weight is 364 g/mol. The van der Waals surface area contributed by atoms with Crippen LogP contribution in [-0.2, 0) is 14.8 Å². The van der Waals surface area contributed by atoms with Crippen LogP contribution in [0.2, 0.25) is 0 Å². The molecule has 1 aromatic heterocycles. The van der Waals surface area contributed by atoms with E-state index >= 15 is 0 Å². The molecule has 1 amide bonds. The Labute approximate surface area is 146 Å². The van der Waals surface area contributed by atoms with Crippen LogP contribution >= 0.6 is 0 Å². The first-order valence-electron chi connectivity index (χ1n) is 7.95. The van der Waals surface area contributed by atoms with Crippen LogP contribution in [0.5, 0.6) is 0 Å². The Bertz CT molecular complexity index is 878. The van der Waals surface area contributed by atoms with Crippen LogP contribution in [0.25, 0.3) is 5.69 Å². The number of nitrogens with one attached hydrogen (secondary N) is 1. The van der Waals surface area contributed by atoms with Crippen molar-refractivity contribution in [2.45, 2.75) is 31.1 Å². The minimum Gasteiger partial charge on any atom is -0.378 e. The van der Waals surface area contributed by atoms with E-state index in [0.29, 0.717) is 30.8 Å². The van der Waals surface area contributed by atoms with Crippen LogP contribution in [0.3, 0.4) is 0 Å². The second kappa shape index (κ2) is 6.85. The largest absolute Gasteiger partial charge is 0.378 e. The summed E-state index contributed by atoms with van der Waals surface area (Å²) in [4.78, 5) is 11.2. The Hall–Kier alpha value is -2.39. The van der Waals surface area contributed by atoms with Gasteiger partial charge in [-0.2, -0.15) is 5.10 Å². The second-order valence-corrected chi connectivity index (χ2v) is 7.96. The molecule has 8 nitrogen and oxygen atoms in total. The first-order valence-corrected chi connectivity index (χ1v) is 9.49. The minimum atomic E-state index is -3.57. The third kappa shape index (κ3) is 3.83. The van der Waals surface area contributed by atoms with Crippen LogP contribution in [0.4, 0.5) is 5.69 Å². The van der Waals surface area contributed by atoms with Crippen molar-refractivity contribution in [3.63, 3.8) is 0 Å². The van der Waals surface area contributed by atoms with Gasteiger partial charge in [0, 0.05) is 12.8 Å². The van der Waals surface area contributed by atoms with Crippen LogP contribution < -0.4 is 10.5 Å². The zero-order valence-electron chi connectivity index (χ0n) is 13.8. The van der Waals surface area contributed by atoms with E-state index in [1.165, 1.54) is 10.7 Å². The lowest BCUT2D eigenvalue weighted by Crippen LogP contribution is -2.36. The fourth-order valence-corrected chi connectivity index (χ4v) is 4.40. The summed E-state index contributed by atoms with van der Waals surface area (Å²) in [7, 11) is -3.57. The number of aromatic nitrogens is 2. The van der Waals surface area contributed by atoms with Gasteiger partial charge in [0.2, 0.25) is 10.0 Å². The molecule has 3 N–H and O–H groups in total. The molecule has 0 bridgehead atoms. The Morgan fingerprint density at radius 1 is 1.36 bits per heavy atom. The molecular formula is C16H20N4O4S. The van der Waals surface area contributed by atoms with E-state index in [0.717, 1.165) is 0 Å². The van der Waals surface area contributed by atoms with E-state index in [2.05, 4.69) is 9.82 Å². The average Bonchev–Trinajstić information content (AvgIpc) is 3.05. The molecule has 2 heterocycles. The van der Waals surface area contributed by atoms with Crippen molar-refractivity contribution >= 4 is 21.6 Å². The Morgan fingerprint density at radius 3 is 2.80 bits per heavy atom. The molecule has 0 unspecified atom stereocenters. The van der Waals surface area contributed by atoms with Crippen LogP contribution in [0.1, 0.15) is 30.3 Å². The van der Waals surface area contributed by atoms with Gasteiger partial charge in [0.15, 0.2) is 0 Å². The lowest BCUT2D eigenvalue weighted by Gasteiger charge is -2.27. The molecular weight excluding hydrogens is 344 g/mol. The maximum atomic E-state index is 12.7. The van der Waals surface area contributed by atoms with E-state index in [-0.39, 0.29) is 11.8 Å². The smallest absolute Gasteiger partial charge is 0.269 e. The van der Waals surface area contributed by atoms with Gasteiger partial charge in [-0.15, -0.1) is 0 Å². The molecule has 134 valence electrons. The van der Waals surface area contributed by atoms with Gasteiger partial charge in [-0.05, 0) is 38.0 Å². The summed E-state index contributed by atoms with van der Waals surface area (Å²) in [5, 5.41) is 3.57. The topological polar surface area (TPSA) is 116 Å². The predicted octanol–water partition coefficient (Wildman–Crippen LogP) is 1.28. The van der Waals surface area contributed by atoms with Gasteiger partial charge in [-0.1, -0.05) is 12.1 Å². The number of amides is 1. The molecule has 2 aromatic rings. The molecule has 1 fully saturated rings. The zero-order valence-corrected chi connectivity index (χ0v) is 14.6. The molecule has 1 aromatic carbocycles. The summed E-state index contributed by atoms with van der Waals surface area (Å²) in [6.45, 7) is 2.29. The number of rotatable bonds is 5. The van der Waals surface area contributed by atoms with E-state index in [9.17, 15) is 13.2 Å². The summed E-state index contributed by atoms with van der Waals surface area (Å²) in [5.41, 5.74) is 6.23. The number of para-hydroxylation sites is 2. The Kier molecular flexibility index (Phi) is 4.78. The van der Waals surface area contributed by atoms with Gasteiger partial charge in [0.25, 0.3) is 5.91 Å². The van der Waals surface area contributed by atoms with Crippen LogP contribution in [-0.4, -0.2) is 42.1 Å². The molecule has 3 rings (SSSR count). The van der Waals surface area contributed by atoms with Crippen molar-refractivity contribution < 1.29 is 17.9 Å². The van der Waals surface area contributed by atoms with Crippen molar-refractivity contribution in [2.24, 2.45) is 5.73 Å². The highest BCUT2D eigenvalue weighted by atomic mass is 32.2. The summed E-state index contributed by atoms with van der Waals surface area (Å²) in [5.74, 6) is -0.645. The monoisotopic (exact) mass is 364 g/mol. The maximum Gasteiger partial charge on any atom is 0.269 e.